The highest BCUT2D eigenvalue weighted by Gasteiger charge is 2.31. The zero-order chi connectivity index (χ0) is 16.2. The SMILES string of the molecule is COc1cccc(N(C)C(=O)N(CC(=O)O)C(C)(C)C)c1. The summed E-state index contributed by atoms with van der Waals surface area (Å²) in [6.45, 7) is 5.05. The molecule has 0 aromatic heterocycles. The van der Waals surface area contributed by atoms with Crippen LogP contribution in [0.25, 0.3) is 0 Å². The summed E-state index contributed by atoms with van der Waals surface area (Å²) in [6.07, 6.45) is 0. The van der Waals surface area contributed by atoms with Gasteiger partial charge in [-0.3, -0.25) is 9.69 Å². The van der Waals surface area contributed by atoms with Gasteiger partial charge in [0, 0.05) is 24.3 Å². The molecule has 1 aromatic carbocycles. The number of urea groups is 1. The summed E-state index contributed by atoms with van der Waals surface area (Å²) >= 11 is 0. The second kappa shape index (κ2) is 6.47. The van der Waals surface area contributed by atoms with E-state index in [9.17, 15) is 9.59 Å². The number of aliphatic carboxylic acids is 1. The molecule has 0 radical (unpaired) electrons. The van der Waals surface area contributed by atoms with Crippen LogP contribution < -0.4 is 9.64 Å². The standard InChI is InChI=1S/C15H22N2O4/c1-15(2,3)17(10-13(18)19)14(20)16(4)11-7-6-8-12(9-11)21-5/h6-9H,10H2,1-5H3,(H,18,19). The minimum Gasteiger partial charge on any atom is -0.497 e. The van der Waals surface area contributed by atoms with Crippen LogP contribution >= 0.6 is 0 Å². The zero-order valence-corrected chi connectivity index (χ0v) is 13.1. The smallest absolute Gasteiger partial charge is 0.325 e. The largest absolute Gasteiger partial charge is 0.497 e. The van der Waals surface area contributed by atoms with Crippen LogP contribution in [0.5, 0.6) is 5.75 Å². The van der Waals surface area contributed by atoms with Crippen LogP contribution in [0.4, 0.5) is 10.5 Å². The van der Waals surface area contributed by atoms with Gasteiger partial charge in [0.25, 0.3) is 0 Å². The van der Waals surface area contributed by atoms with Gasteiger partial charge in [-0.25, -0.2) is 4.79 Å². The maximum atomic E-state index is 12.6. The third kappa shape index (κ3) is 4.37. The highest BCUT2D eigenvalue weighted by atomic mass is 16.5. The molecule has 0 heterocycles. The minimum absolute atomic E-state index is 0.351. The summed E-state index contributed by atoms with van der Waals surface area (Å²) in [5.41, 5.74) is 0.0433. The topological polar surface area (TPSA) is 70.1 Å². The second-order valence-corrected chi connectivity index (χ2v) is 5.69. The van der Waals surface area contributed by atoms with Gasteiger partial charge in [-0.1, -0.05) is 6.07 Å². The Morgan fingerprint density at radius 1 is 1.29 bits per heavy atom. The van der Waals surface area contributed by atoms with E-state index >= 15 is 0 Å². The number of ether oxygens (including phenoxy) is 1. The van der Waals surface area contributed by atoms with Gasteiger partial charge in [-0.05, 0) is 32.9 Å². The summed E-state index contributed by atoms with van der Waals surface area (Å²) in [5.74, 6) is -0.412. The highest BCUT2D eigenvalue weighted by Crippen LogP contribution is 2.23. The van der Waals surface area contributed by atoms with Crippen LogP contribution in [0, 0.1) is 0 Å². The first-order chi connectivity index (χ1) is 9.66. The fourth-order valence-corrected chi connectivity index (χ4v) is 1.84. The van der Waals surface area contributed by atoms with Crippen molar-refractivity contribution < 1.29 is 19.4 Å². The van der Waals surface area contributed by atoms with Gasteiger partial charge >= 0.3 is 12.0 Å². The number of nitrogens with zero attached hydrogens (tertiary/aromatic N) is 2. The molecule has 0 aliphatic rings. The Balaban J connectivity index is 3.04. The number of carbonyl (C=O) groups excluding carboxylic acids is 1. The lowest BCUT2D eigenvalue weighted by atomic mass is 10.1. The van der Waals surface area contributed by atoms with E-state index in [4.69, 9.17) is 9.84 Å². The summed E-state index contributed by atoms with van der Waals surface area (Å²) in [7, 11) is 3.16. The number of hydrogen-bond acceptors (Lipinski definition) is 3. The maximum absolute atomic E-state index is 12.6. The number of anilines is 1. The second-order valence-electron chi connectivity index (χ2n) is 5.69. The van der Waals surface area contributed by atoms with Crippen molar-refractivity contribution in [2.75, 3.05) is 25.6 Å². The molecule has 116 valence electrons. The number of carboxylic acids is 1. The molecule has 0 fully saturated rings. The Morgan fingerprint density at radius 3 is 2.38 bits per heavy atom. The third-order valence-corrected chi connectivity index (χ3v) is 3.06. The first kappa shape index (κ1) is 16.8. The number of benzene rings is 1. The van der Waals surface area contributed by atoms with Gasteiger partial charge in [-0.2, -0.15) is 0 Å². The van der Waals surface area contributed by atoms with Crippen LogP contribution in [0.2, 0.25) is 0 Å². The molecule has 0 saturated carbocycles. The lowest BCUT2D eigenvalue weighted by molar-refractivity contribution is -0.138. The number of rotatable bonds is 4. The van der Waals surface area contributed by atoms with Gasteiger partial charge in [0.1, 0.15) is 12.3 Å². The Bertz CT molecular complexity index is 523. The van der Waals surface area contributed by atoms with Gasteiger partial charge < -0.3 is 14.7 Å². The molecule has 21 heavy (non-hydrogen) atoms. The number of carboxylic acid groups (broad SMARTS) is 1. The summed E-state index contributed by atoms with van der Waals surface area (Å²) in [4.78, 5) is 26.3. The lowest BCUT2D eigenvalue weighted by Gasteiger charge is -2.37. The third-order valence-electron chi connectivity index (χ3n) is 3.06. The van der Waals surface area contributed by atoms with Crippen LogP contribution in [0.15, 0.2) is 24.3 Å². The van der Waals surface area contributed by atoms with E-state index in [1.54, 1.807) is 59.2 Å². The van der Waals surface area contributed by atoms with Crippen molar-refractivity contribution in [1.29, 1.82) is 0 Å². The molecule has 1 N–H and O–H groups in total. The highest BCUT2D eigenvalue weighted by molar-refractivity contribution is 5.93. The van der Waals surface area contributed by atoms with E-state index in [2.05, 4.69) is 0 Å². The predicted octanol–water partition coefficient (Wildman–Crippen LogP) is 2.44. The fourth-order valence-electron chi connectivity index (χ4n) is 1.84. The van der Waals surface area contributed by atoms with E-state index in [0.717, 1.165) is 0 Å². The molecule has 1 rings (SSSR count). The van der Waals surface area contributed by atoms with Crippen LogP contribution in [-0.4, -0.2) is 48.2 Å². The fraction of sp³-hybridized carbons (Fsp3) is 0.467. The molecule has 0 saturated heterocycles. The number of methoxy groups -OCH3 is 1. The van der Waals surface area contributed by atoms with Crippen molar-refractivity contribution in [3.63, 3.8) is 0 Å². The normalized spacial score (nSPS) is 10.9. The maximum Gasteiger partial charge on any atom is 0.325 e. The molecule has 6 heteroatoms. The summed E-state index contributed by atoms with van der Waals surface area (Å²) in [6, 6.07) is 6.66. The first-order valence-corrected chi connectivity index (χ1v) is 6.58. The molecule has 1 aromatic rings. The summed E-state index contributed by atoms with van der Waals surface area (Å²) < 4.78 is 5.13. The number of amides is 2. The average Bonchev–Trinajstić information content (AvgIpc) is 2.42. The van der Waals surface area contributed by atoms with Crippen molar-refractivity contribution >= 4 is 17.7 Å². The van der Waals surface area contributed by atoms with E-state index < -0.39 is 11.5 Å². The van der Waals surface area contributed by atoms with E-state index in [1.807, 2.05) is 0 Å². The Labute approximate surface area is 124 Å². The average molecular weight is 294 g/mol. The number of hydrogen-bond donors (Lipinski definition) is 1. The molecule has 0 aliphatic carbocycles. The Kier molecular flexibility index (Phi) is 5.18. The van der Waals surface area contributed by atoms with Crippen LogP contribution in [0.1, 0.15) is 20.8 Å². The van der Waals surface area contributed by atoms with Gasteiger partial charge in [0.05, 0.1) is 7.11 Å². The summed E-state index contributed by atoms with van der Waals surface area (Å²) in [5, 5.41) is 9.00. The van der Waals surface area contributed by atoms with Crippen LogP contribution in [-0.2, 0) is 4.79 Å². The van der Waals surface area contributed by atoms with Crippen molar-refractivity contribution in [2.45, 2.75) is 26.3 Å². The van der Waals surface area contributed by atoms with Gasteiger partial charge in [0.2, 0.25) is 0 Å². The van der Waals surface area contributed by atoms with Crippen molar-refractivity contribution in [3.05, 3.63) is 24.3 Å². The lowest BCUT2D eigenvalue weighted by Crippen LogP contribution is -2.53. The van der Waals surface area contributed by atoms with E-state index in [-0.39, 0.29) is 12.6 Å². The molecule has 2 amide bonds. The van der Waals surface area contributed by atoms with E-state index in [1.165, 1.54) is 9.80 Å². The van der Waals surface area contributed by atoms with Gasteiger partial charge in [0.15, 0.2) is 0 Å². The first-order valence-electron chi connectivity index (χ1n) is 6.58. The molecule has 0 aliphatic heterocycles. The van der Waals surface area contributed by atoms with Crippen LogP contribution in [0.3, 0.4) is 0 Å². The van der Waals surface area contributed by atoms with Crippen molar-refractivity contribution in [1.82, 2.24) is 4.90 Å². The predicted molar refractivity (Wildman–Crippen MR) is 80.9 cm³/mol. The zero-order valence-electron chi connectivity index (χ0n) is 13.1. The molecule has 0 atom stereocenters. The van der Waals surface area contributed by atoms with E-state index in [0.29, 0.717) is 11.4 Å². The molecular weight excluding hydrogens is 272 g/mol. The quantitative estimate of drug-likeness (QED) is 0.926. The van der Waals surface area contributed by atoms with Crippen molar-refractivity contribution in [3.8, 4) is 5.75 Å². The van der Waals surface area contributed by atoms with Gasteiger partial charge in [-0.15, -0.1) is 0 Å². The minimum atomic E-state index is -1.04. The molecule has 0 bridgehead atoms. The monoisotopic (exact) mass is 294 g/mol. The molecule has 0 unspecified atom stereocenters. The Morgan fingerprint density at radius 2 is 1.90 bits per heavy atom. The molecule has 6 nitrogen and oxygen atoms in total. The molecule has 0 spiro atoms. The Hall–Kier alpha value is -2.24. The number of carbonyl (C=O) groups is 2. The van der Waals surface area contributed by atoms with Crippen molar-refractivity contribution in [2.24, 2.45) is 0 Å². The molecular formula is C15H22N2O4.